The highest BCUT2D eigenvalue weighted by atomic mass is 19.1. The fourth-order valence-corrected chi connectivity index (χ4v) is 2.95. The van der Waals surface area contributed by atoms with Gasteiger partial charge < -0.3 is 10.2 Å². The first-order valence-electron chi connectivity index (χ1n) is 7.74. The molecule has 0 fully saturated rings. The molecule has 0 aliphatic carbocycles. The zero-order chi connectivity index (χ0) is 14.7. The Bertz CT molecular complexity index is 443. The predicted molar refractivity (Wildman–Crippen MR) is 83.8 cm³/mol. The fourth-order valence-electron chi connectivity index (χ4n) is 2.95. The Hall–Kier alpha value is -1.09. The summed E-state index contributed by atoms with van der Waals surface area (Å²) in [4.78, 5) is 2.39. The number of benzene rings is 1. The molecule has 2 nitrogen and oxygen atoms in total. The van der Waals surface area contributed by atoms with E-state index in [1.807, 2.05) is 6.07 Å². The van der Waals surface area contributed by atoms with E-state index in [1.165, 1.54) is 5.56 Å². The van der Waals surface area contributed by atoms with Gasteiger partial charge >= 0.3 is 0 Å². The molecule has 1 unspecified atom stereocenters. The Balaban J connectivity index is 2.10. The van der Waals surface area contributed by atoms with Gasteiger partial charge in [-0.3, -0.25) is 0 Å². The van der Waals surface area contributed by atoms with Crippen LogP contribution in [0.1, 0.15) is 33.3 Å². The van der Waals surface area contributed by atoms with E-state index >= 15 is 0 Å². The average molecular weight is 278 g/mol. The summed E-state index contributed by atoms with van der Waals surface area (Å²) in [7, 11) is 0. The Morgan fingerprint density at radius 2 is 1.95 bits per heavy atom. The predicted octanol–water partition coefficient (Wildman–Crippen LogP) is 3.46. The quantitative estimate of drug-likeness (QED) is 0.857. The second-order valence-corrected chi connectivity index (χ2v) is 6.58. The molecule has 0 saturated heterocycles. The third-order valence-electron chi connectivity index (χ3n) is 4.05. The number of nitrogens with zero attached hydrogens (tertiary/aromatic N) is 1. The minimum atomic E-state index is -0.131. The molecular weight excluding hydrogens is 251 g/mol. The third kappa shape index (κ3) is 3.51. The van der Waals surface area contributed by atoms with Gasteiger partial charge in [-0.15, -0.1) is 0 Å². The van der Waals surface area contributed by atoms with Crippen molar-refractivity contribution < 1.29 is 4.39 Å². The first-order valence-corrected chi connectivity index (χ1v) is 7.74. The van der Waals surface area contributed by atoms with Crippen molar-refractivity contribution in [2.45, 2.75) is 40.2 Å². The van der Waals surface area contributed by atoms with Crippen molar-refractivity contribution in [1.82, 2.24) is 5.32 Å². The molecular formula is C17H27FN2. The van der Waals surface area contributed by atoms with Crippen LogP contribution in [0.4, 0.5) is 10.1 Å². The summed E-state index contributed by atoms with van der Waals surface area (Å²) in [6.07, 6.45) is 1.03. The van der Waals surface area contributed by atoms with Gasteiger partial charge in [-0.25, -0.2) is 4.39 Å². The Labute approximate surface area is 122 Å². The number of fused-ring (bicyclic) bond motifs is 1. The number of anilines is 1. The van der Waals surface area contributed by atoms with E-state index in [2.05, 4.69) is 37.9 Å². The van der Waals surface area contributed by atoms with E-state index in [-0.39, 0.29) is 5.82 Å². The van der Waals surface area contributed by atoms with Crippen molar-refractivity contribution in [3.8, 4) is 0 Å². The van der Waals surface area contributed by atoms with Gasteiger partial charge in [0.05, 0.1) is 0 Å². The van der Waals surface area contributed by atoms with Crippen LogP contribution in [-0.4, -0.2) is 25.7 Å². The second kappa shape index (κ2) is 6.57. The van der Waals surface area contributed by atoms with Crippen molar-refractivity contribution in [1.29, 1.82) is 0 Å². The first kappa shape index (κ1) is 15.3. The molecule has 1 aromatic rings. The first-order chi connectivity index (χ1) is 9.49. The fraction of sp³-hybridized carbons (Fsp3) is 0.647. The van der Waals surface area contributed by atoms with Crippen molar-refractivity contribution in [2.24, 2.45) is 11.8 Å². The van der Waals surface area contributed by atoms with Crippen molar-refractivity contribution >= 4 is 5.69 Å². The lowest BCUT2D eigenvalue weighted by molar-refractivity contribution is 0.418. The summed E-state index contributed by atoms with van der Waals surface area (Å²) in [5.41, 5.74) is 2.37. The van der Waals surface area contributed by atoms with Gasteiger partial charge in [-0.2, -0.15) is 0 Å². The van der Waals surface area contributed by atoms with Crippen molar-refractivity contribution in [3.05, 3.63) is 29.6 Å². The molecule has 1 aromatic carbocycles. The van der Waals surface area contributed by atoms with Crippen LogP contribution in [0.3, 0.4) is 0 Å². The summed E-state index contributed by atoms with van der Waals surface area (Å²) in [5, 5.41) is 3.55. The maximum Gasteiger partial charge on any atom is 0.125 e. The molecule has 0 radical (unpaired) electrons. The molecule has 112 valence electrons. The molecule has 1 N–H and O–H groups in total. The largest absolute Gasteiger partial charge is 0.366 e. The zero-order valence-electron chi connectivity index (χ0n) is 13.1. The minimum absolute atomic E-state index is 0.131. The number of rotatable bonds is 6. The van der Waals surface area contributed by atoms with E-state index in [0.717, 1.165) is 31.7 Å². The molecule has 1 atom stereocenters. The van der Waals surface area contributed by atoms with E-state index in [9.17, 15) is 4.39 Å². The Kier molecular flexibility index (Phi) is 5.03. The summed E-state index contributed by atoms with van der Waals surface area (Å²) in [5.74, 6) is 1.07. The third-order valence-corrected chi connectivity index (χ3v) is 4.05. The molecule has 0 spiro atoms. The Morgan fingerprint density at radius 1 is 1.20 bits per heavy atom. The highest BCUT2D eigenvalue weighted by Gasteiger charge is 2.28. The van der Waals surface area contributed by atoms with Crippen LogP contribution in [0.15, 0.2) is 18.2 Å². The summed E-state index contributed by atoms with van der Waals surface area (Å²) in [6, 6.07) is 5.63. The summed E-state index contributed by atoms with van der Waals surface area (Å²) in [6.45, 7) is 11.9. The minimum Gasteiger partial charge on any atom is -0.366 e. The van der Waals surface area contributed by atoms with Crippen LogP contribution in [0.5, 0.6) is 0 Å². The monoisotopic (exact) mass is 278 g/mol. The van der Waals surface area contributed by atoms with E-state index in [4.69, 9.17) is 0 Å². The maximum absolute atomic E-state index is 13.5. The van der Waals surface area contributed by atoms with Crippen LogP contribution in [0.2, 0.25) is 0 Å². The lowest BCUT2D eigenvalue weighted by Gasteiger charge is -2.34. The van der Waals surface area contributed by atoms with Crippen molar-refractivity contribution in [3.63, 3.8) is 0 Å². The van der Waals surface area contributed by atoms with Gasteiger partial charge in [-0.1, -0.05) is 33.8 Å². The number of hydrogen-bond acceptors (Lipinski definition) is 2. The van der Waals surface area contributed by atoms with Crippen LogP contribution in [0, 0.1) is 17.7 Å². The van der Waals surface area contributed by atoms with Crippen LogP contribution in [-0.2, 0) is 6.42 Å². The van der Waals surface area contributed by atoms with Gasteiger partial charge in [0, 0.05) is 24.8 Å². The SMILES string of the molecule is CC(C)CNCC(C(C)C)N1CCc2ccc(F)cc21. The molecule has 2 rings (SSSR count). The maximum atomic E-state index is 13.5. The van der Waals surface area contributed by atoms with Crippen molar-refractivity contribution in [2.75, 3.05) is 24.5 Å². The molecule has 0 amide bonds. The van der Waals surface area contributed by atoms with E-state index in [0.29, 0.717) is 17.9 Å². The molecule has 0 bridgehead atoms. The molecule has 3 heteroatoms. The van der Waals surface area contributed by atoms with Crippen LogP contribution < -0.4 is 10.2 Å². The molecule has 1 heterocycles. The highest BCUT2D eigenvalue weighted by Crippen LogP contribution is 2.32. The number of nitrogens with one attached hydrogen (secondary N) is 1. The molecule has 0 aromatic heterocycles. The Morgan fingerprint density at radius 3 is 2.60 bits per heavy atom. The summed E-state index contributed by atoms with van der Waals surface area (Å²) < 4.78 is 13.5. The smallest absolute Gasteiger partial charge is 0.125 e. The topological polar surface area (TPSA) is 15.3 Å². The normalized spacial score (nSPS) is 16.1. The second-order valence-electron chi connectivity index (χ2n) is 6.58. The lowest BCUT2D eigenvalue weighted by Crippen LogP contribution is -2.45. The summed E-state index contributed by atoms with van der Waals surface area (Å²) >= 11 is 0. The molecule has 1 aliphatic heterocycles. The number of halogens is 1. The van der Waals surface area contributed by atoms with Gasteiger partial charge in [0.15, 0.2) is 0 Å². The van der Waals surface area contributed by atoms with Gasteiger partial charge in [0.1, 0.15) is 5.82 Å². The van der Waals surface area contributed by atoms with E-state index in [1.54, 1.807) is 12.1 Å². The average Bonchev–Trinajstić information content (AvgIpc) is 2.76. The van der Waals surface area contributed by atoms with E-state index < -0.39 is 0 Å². The molecule has 1 aliphatic rings. The number of hydrogen-bond donors (Lipinski definition) is 1. The van der Waals surface area contributed by atoms with Gasteiger partial charge in [0.25, 0.3) is 0 Å². The highest BCUT2D eigenvalue weighted by molar-refractivity contribution is 5.59. The van der Waals surface area contributed by atoms with Gasteiger partial charge in [0.2, 0.25) is 0 Å². The molecule has 20 heavy (non-hydrogen) atoms. The molecule has 0 saturated carbocycles. The van der Waals surface area contributed by atoms with Crippen LogP contribution in [0.25, 0.3) is 0 Å². The standard InChI is InChI=1S/C17H27FN2/c1-12(2)10-19-11-17(13(3)4)20-8-7-14-5-6-15(18)9-16(14)20/h5-6,9,12-13,17,19H,7-8,10-11H2,1-4H3. The van der Waals surface area contributed by atoms with Crippen LogP contribution >= 0.6 is 0 Å². The zero-order valence-corrected chi connectivity index (χ0v) is 13.1. The lowest BCUT2D eigenvalue weighted by atomic mass is 10.0. The van der Waals surface area contributed by atoms with Gasteiger partial charge in [-0.05, 0) is 42.5 Å².